The first-order valence-corrected chi connectivity index (χ1v) is 3.39. The van der Waals surface area contributed by atoms with Crippen molar-refractivity contribution in [3.8, 4) is 0 Å². The highest BCUT2D eigenvalue weighted by atomic mass is 35.5. The summed E-state index contributed by atoms with van der Waals surface area (Å²) in [6.45, 7) is 0. The number of hydrogen-bond donors (Lipinski definition) is 2. The van der Waals surface area contributed by atoms with Crippen LogP contribution in [0.25, 0.3) is 0 Å². The second-order valence-electron chi connectivity index (χ2n) is 2.43. The van der Waals surface area contributed by atoms with Gasteiger partial charge in [-0.05, 0) is 12.1 Å². The number of nitrogens with two attached hydrogens (primary N) is 1. The topological polar surface area (TPSA) is 76.2 Å². The summed E-state index contributed by atoms with van der Waals surface area (Å²) in [5.74, 6) is -2.06. The van der Waals surface area contributed by atoms with Crippen molar-refractivity contribution in [2.45, 2.75) is 6.18 Å². The van der Waals surface area contributed by atoms with Gasteiger partial charge in [-0.2, -0.15) is 13.2 Å². The van der Waals surface area contributed by atoms with Gasteiger partial charge in [-0.15, -0.1) is 12.4 Å². The number of carboxylic acid groups (broad SMARTS) is 1. The second-order valence-corrected chi connectivity index (χ2v) is 2.43. The average Bonchev–Trinajstić information content (AvgIpc) is 2.01. The van der Waals surface area contributed by atoms with Gasteiger partial charge in [-0.1, -0.05) is 0 Å². The number of nitrogens with zero attached hydrogens (tertiary/aromatic N) is 1. The Bertz CT molecular complexity index is 381. The Morgan fingerprint density at radius 1 is 1.40 bits per heavy atom. The van der Waals surface area contributed by atoms with E-state index in [9.17, 15) is 18.0 Å². The van der Waals surface area contributed by atoms with Crippen molar-refractivity contribution in [3.63, 3.8) is 0 Å². The van der Waals surface area contributed by atoms with Gasteiger partial charge in [0.15, 0.2) is 0 Å². The molecule has 0 bridgehead atoms. The van der Waals surface area contributed by atoms with E-state index in [1.165, 1.54) is 0 Å². The van der Waals surface area contributed by atoms with E-state index < -0.39 is 29.2 Å². The number of nitrogen functional groups attached to an aromatic ring is 1. The summed E-state index contributed by atoms with van der Waals surface area (Å²) >= 11 is 0. The van der Waals surface area contributed by atoms with E-state index in [1.54, 1.807) is 0 Å². The maximum Gasteiger partial charge on any atom is 0.433 e. The number of aromatic carboxylic acids is 1. The monoisotopic (exact) mass is 242 g/mol. The molecule has 0 saturated heterocycles. The lowest BCUT2D eigenvalue weighted by atomic mass is 10.2. The Hall–Kier alpha value is -1.50. The first kappa shape index (κ1) is 13.5. The zero-order chi connectivity index (χ0) is 10.9. The maximum absolute atomic E-state index is 12.0. The van der Waals surface area contributed by atoms with E-state index in [-0.39, 0.29) is 12.4 Å². The van der Waals surface area contributed by atoms with Crippen molar-refractivity contribution in [1.29, 1.82) is 0 Å². The summed E-state index contributed by atoms with van der Waals surface area (Å²) in [5, 5.41) is 8.46. The molecule has 8 heteroatoms. The highest BCUT2D eigenvalue weighted by Crippen LogP contribution is 2.28. The highest BCUT2D eigenvalue weighted by Gasteiger charge is 2.33. The number of pyridine rings is 1. The van der Waals surface area contributed by atoms with Gasteiger partial charge < -0.3 is 10.8 Å². The van der Waals surface area contributed by atoms with Crippen molar-refractivity contribution < 1.29 is 23.1 Å². The molecule has 0 amide bonds. The minimum absolute atomic E-state index is 0. The van der Waals surface area contributed by atoms with Gasteiger partial charge in [-0.25, -0.2) is 9.78 Å². The number of rotatable bonds is 1. The Balaban J connectivity index is 0.00000196. The number of anilines is 1. The zero-order valence-electron chi connectivity index (χ0n) is 7.08. The average molecular weight is 243 g/mol. The number of hydrogen-bond acceptors (Lipinski definition) is 3. The smallest absolute Gasteiger partial charge is 0.433 e. The molecule has 0 spiro atoms. The molecule has 3 N–H and O–H groups in total. The molecule has 84 valence electrons. The first-order valence-electron chi connectivity index (χ1n) is 3.39. The van der Waals surface area contributed by atoms with Crippen LogP contribution in [-0.4, -0.2) is 16.1 Å². The Labute approximate surface area is 88.3 Å². The summed E-state index contributed by atoms with van der Waals surface area (Å²) in [6, 6.07) is 1.34. The SMILES string of the molecule is Cl.Nc1nc(C(F)(F)F)ccc1C(=O)O. The molecule has 0 aliphatic heterocycles. The molecule has 0 aliphatic carbocycles. The fraction of sp³-hybridized carbons (Fsp3) is 0.143. The van der Waals surface area contributed by atoms with Crippen LogP contribution in [0.3, 0.4) is 0 Å². The molecule has 1 aromatic heterocycles. The number of carbonyl (C=O) groups is 1. The molecular formula is C7H6ClF3N2O2. The second kappa shape index (κ2) is 4.35. The minimum Gasteiger partial charge on any atom is -0.478 e. The molecule has 0 aromatic carbocycles. The molecule has 1 rings (SSSR count). The minimum atomic E-state index is -4.62. The van der Waals surface area contributed by atoms with Gasteiger partial charge in [-0.3, -0.25) is 0 Å². The van der Waals surface area contributed by atoms with Crippen LogP contribution >= 0.6 is 12.4 Å². The lowest BCUT2D eigenvalue weighted by molar-refractivity contribution is -0.141. The summed E-state index contributed by atoms with van der Waals surface area (Å²) in [6.07, 6.45) is -4.62. The largest absolute Gasteiger partial charge is 0.478 e. The normalized spacial score (nSPS) is 10.6. The van der Waals surface area contributed by atoms with E-state index in [0.717, 1.165) is 6.07 Å². The standard InChI is InChI=1S/C7H5F3N2O2.ClH/c8-7(9,10)4-2-1-3(6(13)14)5(11)12-4;/h1-2H,(H2,11,12)(H,13,14);1H. The van der Waals surface area contributed by atoms with Gasteiger partial charge in [0.2, 0.25) is 0 Å². The van der Waals surface area contributed by atoms with Crippen LogP contribution in [0.4, 0.5) is 19.0 Å². The zero-order valence-corrected chi connectivity index (χ0v) is 7.89. The van der Waals surface area contributed by atoms with Crippen molar-refractivity contribution in [3.05, 3.63) is 23.4 Å². The number of alkyl halides is 3. The summed E-state index contributed by atoms with van der Waals surface area (Å²) in [7, 11) is 0. The lowest BCUT2D eigenvalue weighted by Gasteiger charge is -2.07. The number of aromatic nitrogens is 1. The Morgan fingerprint density at radius 3 is 2.27 bits per heavy atom. The molecule has 0 radical (unpaired) electrons. The molecule has 0 aliphatic rings. The molecule has 0 saturated carbocycles. The van der Waals surface area contributed by atoms with Crippen LogP contribution in [0.15, 0.2) is 12.1 Å². The van der Waals surface area contributed by atoms with E-state index >= 15 is 0 Å². The van der Waals surface area contributed by atoms with Crippen LogP contribution in [-0.2, 0) is 6.18 Å². The molecule has 1 aromatic rings. The molecule has 0 fully saturated rings. The highest BCUT2D eigenvalue weighted by molar-refractivity contribution is 5.92. The van der Waals surface area contributed by atoms with E-state index in [0.29, 0.717) is 6.07 Å². The number of carboxylic acids is 1. The third-order valence-electron chi connectivity index (χ3n) is 1.45. The molecule has 1 heterocycles. The van der Waals surface area contributed by atoms with Gasteiger partial charge in [0.1, 0.15) is 17.1 Å². The predicted octanol–water partition coefficient (Wildman–Crippen LogP) is 1.80. The maximum atomic E-state index is 12.0. The number of halogens is 4. The van der Waals surface area contributed by atoms with E-state index in [4.69, 9.17) is 10.8 Å². The van der Waals surface area contributed by atoms with Crippen molar-refractivity contribution >= 4 is 24.2 Å². The first-order chi connectivity index (χ1) is 6.32. The third kappa shape index (κ3) is 2.98. The van der Waals surface area contributed by atoms with Crippen molar-refractivity contribution in [2.24, 2.45) is 0 Å². The molecule has 0 atom stereocenters. The van der Waals surface area contributed by atoms with Crippen LogP contribution in [0.2, 0.25) is 0 Å². The fourth-order valence-electron chi connectivity index (χ4n) is 0.814. The van der Waals surface area contributed by atoms with Gasteiger partial charge >= 0.3 is 12.1 Å². The Morgan fingerprint density at radius 2 is 1.93 bits per heavy atom. The van der Waals surface area contributed by atoms with Crippen LogP contribution in [0.1, 0.15) is 16.1 Å². The van der Waals surface area contributed by atoms with E-state index in [1.807, 2.05) is 0 Å². The quantitative estimate of drug-likeness (QED) is 0.787. The Kier molecular flexibility index (Phi) is 3.91. The summed E-state index contributed by atoms with van der Waals surface area (Å²) in [4.78, 5) is 13.3. The van der Waals surface area contributed by atoms with E-state index in [2.05, 4.69) is 4.98 Å². The van der Waals surface area contributed by atoms with Crippen LogP contribution < -0.4 is 5.73 Å². The molecule has 15 heavy (non-hydrogen) atoms. The van der Waals surface area contributed by atoms with Gasteiger partial charge in [0.25, 0.3) is 0 Å². The van der Waals surface area contributed by atoms with Crippen LogP contribution in [0.5, 0.6) is 0 Å². The van der Waals surface area contributed by atoms with Crippen LogP contribution in [0, 0.1) is 0 Å². The predicted molar refractivity (Wildman–Crippen MR) is 47.9 cm³/mol. The van der Waals surface area contributed by atoms with Crippen molar-refractivity contribution in [1.82, 2.24) is 4.98 Å². The van der Waals surface area contributed by atoms with Gasteiger partial charge in [0, 0.05) is 0 Å². The van der Waals surface area contributed by atoms with Crippen molar-refractivity contribution in [2.75, 3.05) is 5.73 Å². The third-order valence-corrected chi connectivity index (χ3v) is 1.45. The molecule has 4 nitrogen and oxygen atoms in total. The fourth-order valence-corrected chi connectivity index (χ4v) is 0.814. The van der Waals surface area contributed by atoms with Gasteiger partial charge in [0.05, 0.1) is 0 Å². The summed E-state index contributed by atoms with van der Waals surface area (Å²) < 4.78 is 36.1. The lowest BCUT2D eigenvalue weighted by Crippen LogP contribution is -2.12. The summed E-state index contributed by atoms with van der Waals surface area (Å²) in [5.41, 5.74) is 3.37. The molecule has 0 unspecified atom stereocenters. The molecular weight excluding hydrogens is 237 g/mol.